The average Bonchev–Trinajstić information content (AvgIpc) is 3.08. The van der Waals surface area contributed by atoms with Gasteiger partial charge < -0.3 is 9.80 Å². The molecule has 7 aromatic carbocycles. The van der Waals surface area contributed by atoms with Crippen molar-refractivity contribution < 1.29 is 13.2 Å². The van der Waals surface area contributed by atoms with E-state index in [1.165, 1.54) is 0 Å². The normalized spacial score (nSPS) is 13.5. The summed E-state index contributed by atoms with van der Waals surface area (Å²) in [6.45, 7) is 8.21. The molecule has 2 nitrogen and oxygen atoms in total. The van der Waals surface area contributed by atoms with E-state index in [2.05, 4.69) is 135 Å². The average molecular weight is 677 g/mol. The van der Waals surface area contributed by atoms with Gasteiger partial charge in [-0.15, -0.1) is 0 Å². The summed E-state index contributed by atoms with van der Waals surface area (Å²) in [4.78, 5) is 4.58. The van der Waals surface area contributed by atoms with Crippen LogP contribution >= 0.6 is 11.8 Å². The molecule has 0 fully saturated rings. The van der Waals surface area contributed by atoms with Crippen LogP contribution in [0.5, 0.6) is 0 Å². The molecule has 0 radical (unpaired) electrons. The summed E-state index contributed by atoms with van der Waals surface area (Å²) >= 11 is -0.0494. The molecule has 0 atom stereocenters. The molecule has 0 saturated heterocycles. The van der Waals surface area contributed by atoms with Crippen LogP contribution in [-0.4, -0.2) is 12.2 Å². The molecule has 0 aliphatic carbocycles. The van der Waals surface area contributed by atoms with Gasteiger partial charge in [0.25, 0.3) is 6.71 Å². The Hall–Kier alpha value is -5.14. The SMILES string of the molecule is Cc1cccc(N2c3cc(SC(F)(F)F)cc4c3B(c3cc(C)c5ccccc5c32)c2cc(C)c3ccccc3c2N4c2cccc(C)c2)c1. The molecule has 9 rings (SSSR count). The van der Waals surface area contributed by atoms with Crippen molar-refractivity contribution in [3.63, 3.8) is 0 Å². The largest absolute Gasteiger partial charge is 0.446 e. The van der Waals surface area contributed by atoms with Crippen LogP contribution in [0.2, 0.25) is 0 Å². The van der Waals surface area contributed by atoms with Gasteiger partial charge in [0.05, 0.1) is 0 Å². The van der Waals surface area contributed by atoms with E-state index in [9.17, 15) is 13.2 Å². The van der Waals surface area contributed by atoms with Crippen LogP contribution in [0.15, 0.2) is 126 Å². The molecule has 0 unspecified atom stereocenters. The van der Waals surface area contributed by atoms with E-state index < -0.39 is 5.51 Å². The maximum atomic E-state index is 14.4. The maximum absolute atomic E-state index is 14.4. The number of hydrogen-bond acceptors (Lipinski definition) is 3. The van der Waals surface area contributed by atoms with E-state index >= 15 is 0 Å². The van der Waals surface area contributed by atoms with E-state index in [1.807, 2.05) is 12.1 Å². The fourth-order valence-corrected chi connectivity index (χ4v) is 8.93. The molecule has 0 amide bonds. The Labute approximate surface area is 294 Å². The van der Waals surface area contributed by atoms with Gasteiger partial charge in [0.1, 0.15) is 0 Å². The number of nitrogens with zero attached hydrogens (tertiary/aromatic N) is 2. The molecule has 2 heterocycles. The van der Waals surface area contributed by atoms with Crippen LogP contribution in [0.4, 0.5) is 47.3 Å². The van der Waals surface area contributed by atoms with E-state index in [1.54, 1.807) is 12.1 Å². The molecular weight excluding hydrogens is 644 g/mol. The first-order chi connectivity index (χ1) is 24.1. The van der Waals surface area contributed by atoms with Crippen LogP contribution in [0.25, 0.3) is 21.5 Å². The third-order valence-electron chi connectivity index (χ3n) is 10.2. The number of benzene rings is 7. The lowest BCUT2D eigenvalue weighted by atomic mass is 9.33. The van der Waals surface area contributed by atoms with Gasteiger partial charge >= 0.3 is 5.51 Å². The van der Waals surface area contributed by atoms with Crippen LogP contribution in [0, 0.1) is 27.7 Å². The monoisotopic (exact) mass is 676 g/mol. The third kappa shape index (κ3) is 4.74. The summed E-state index contributed by atoms with van der Waals surface area (Å²) in [7, 11) is 0. The van der Waals surface area contributed by atoms with E-state index in [4.69, 9.17) is 0 Å². The minimum atomic E-state index is -4.46. The molecule has 0 aromatic heterocycles. The smallest absolute Gasteiger partial charge is 0.311 e. The van der Waals surface area contributed by atoms with Gasteiger partial charge in [0.2, 0.25) is 0 Å². The Morgan fingerprint density at radius 3 is 1.38 bits per heavy atom. The topological polar surface area (TPSA) is 6.48 Å². The number of alkyl halides is 3. The Balaban J connectivity index is 1.50. The lowest BCUT2D eigenvalue weighted by Gasteiger charge is -2.45. The molecule has 2 aliphatic rings. The molecule has 2 aliphatic heterocycles. The minimum Gasteiger partial charge on any atom is -0.311 e. The van der Waals surface area contributed by atoms with Crippen LogP contribution in [0.1, 0.15) is 22.3 Å². The number of thioether (sulfide) groups is 1. The lowest BCUT2D eigenvalue weighted by Crippen LogP contribution is -2.61. The van der Waals surface area contributed by atoms with Crippen molar-refractivity contribution in [2.45, 2.75) is 38.1 Å². The van der Waals surface area contributed by atoms with Crippen LogP contribution in [-0.2, 0) is 0 Å². The molecule has 0 bridgehead atoms. The first-order valence-corrected chi connectivity index (χ1v) is 17.6. The summed E-state index contributed by atoms with van der Waals surface area (Å²) in [6.07, 6.45) is 0. The zero-order valence-corrected chi connectivity index (χ0v) is 28.9. The molecule has 0 saturated carbocycles. The highest BCUT2D eigenvalue weighted by Gasteiger charge is 2.45. The second-order valence-corrected chi connectivity index (χ2v) is 14.7. The fraction of sp³-hybridized carbons (Fsp3) is 0.116. The Bertz CT molecular complexity index is 2380. The van der Waals surface area contributed by atoms with Crippen molar-refractivity contribution >= 4 is 90.5 Å². The van der Waals surface area contributed by atoms with Gasteiger partial charge in [-0.2, -0.15) is 13.2 Å². The quantitative estimate of drug-likeness (QED) is 0.136. The highest BCUT2D eigenvalue weighted by molar-refractivity contribution is 8.00. The second kappa shape index (κ2) is 11.2. The molecule has 50 heavy (non-hydrogen) atoms. The number of fused-ring (bicyclic) bond motifs is 8. The van der Waals surface area contributed by atoms with Gasteiger partial charge in [-0.25, -0.2) is 0 Å². The van der Waals surface area contributed by atoms with Crippen molar-refractivity contribution in [2.75, 3.05) is 9.80 Å². The molecule has 7 heteroatoms. The first kappa shape index (κ1) is 30.9. The maximum Gasteiger partial charge on any atom is 0.446 e. The van der Waals surface area contributed by atoms with E-state index in [0.717, 1.165) is 94.3 Å². The second-order valence-electron chi connectivity index (χ2n) is 13.6. The molecule has 244 valence electrons. The van der Waals surface area contributed by atoms with Crippen molar-refractivity contribution in [3.8, 4) is 0 Å². The number of halogens is 3. The standard InChI is InChI=1S/C43H32BF3N2S/c1-25-11-9-13-29(19-25)48-38-23-31(50-43(45,46)47)24-39-40(38)44(36-21-27(3)32-15-5-7-17-34(32)41(36)48)37-22-28(4)33-16-6-8-18-35(33)42(37)49(39)30-14-10-12-26(2)20-30/h5-24H,1-4H3. The lowest BCUT2D eigenvalue weighted by molar-refractivity contribution is -0.0328. The summed E-state index contributed by atoms with van der Waals surface area (Å²) in [6, 6.07) is 41.5. The Kier molecular flexibility index (Phi) is 6.91. The number of rotatable bonds is 3. The highest BCUT2D eigenvalue weighted by Crippen LogP contribution is 2.50. The predicted octanol–water partition coefficient (Wildman–Crippen LogP) is 10.9. The van der Waals surface area contributed by atoms with Gasteiger partial charge in [-0.05, 0) is 125 Å². The summed E-state index contributed by atoms with van der Waals surface area (Å²) in [5.41, 5.74) is 8.69. The van der Waals surface area contributed by atoms with Crippen LogP contribution < -0.4 is 26.2 Å². The first-order valence-electron chi connectivity index (χ1n) is 16.8. The van der Waals surface area contributed by atoms with Gasteiger partial charge in [0.15, 0.2) is 0 Å². The van der Waals surface area contributed by atoms with Gasteiger partial charge in [-0.1, -0.05) is 84.9 Å². The molecule has 7 aromatic rings. The molecule has 0 N–H and O–H groups in total. The van der Waals surface area contributed by atoms with E-state index in [-0.39, 0.29) is 23.4 Å². The van der Waals surface area contributed by atoms with Crippen molar-refractivity contribution in [2.24, 2.45) is 0 Å². The summed E-state index contributed by atoms with van der Waals surface area (Å²) in [5.74, 6) is 0. The highest BCUT2D eigenvalue weighted by atomic mass is 32.2. The Morgan fingerprint density at radius 2 is 0.960 bits per heavy atom. The number of hydrogen-bond donors (Lipinski definition) is 0. The van der Waals surface area contributed by atoms with Crippen molar-refractivity contribution in [3.05, 3.63) is 144 Å². The fourth-order valence-electron chi connectivity index (χ4n) is 8.32. The van der Waals surface area contributed by atoms with Crippen molar-refractivity contribution in [1.29, 1.82) is 0 Å². The van der Waals surface area contributed by atoms with Crippen LogP contribution in [0.3, 0.4) is 0 Å². The Morgan fingerprint density at radius 1 is 0.520 bits per heavy atom. The third-order valence-corrected chi connectivity index (χ3v) is 10.9. The minimum absolute atomic E-state index is 0.0494. The van der Waals surface area contributed by atoms with Crippen molar-refractivity contribution in [1.82, 2.24) is 0 Å². The molecular formula is C43H32BF3N2S. The molecule has 0 spiro atoms. The summed E-state index contributed by atoms with van der Waals surface area (Å²) in [5, 5.41) is 4.40. The summed E-state index contributed by atoms with van der Waals surface area (Å²) < 4.78 is 43.1. The predicted molar refractivity (Wildman–Crippen MR) is 206 cm³/mol. The van der Waals surface area contributed by atoms with E-state index in [0.29, 0.717) is 0 Å². The number of anilines is 6. The van der Waals surface area contributed by atoms with Gasteiger partial charge in [-0.3, -0.25) is 0 Å². The number of aryl methyl sites for hydroxylation is 4. The zero-order chi connectivity index (χ0) is 34.5. The van der Waals surface area contributed by atoms with Gasteiger partial charge in [0, 0.05) is 49.8 Å². The zero-order valence-electron chi connectivity index (χ0n) is 28.1.